The van der Waals surface area contributed by atoms with E-state index in [4.69, 9.17) is 4.74 Å². The minimum absolute atomic E-state index is 0.387. The van der Waals surface area contributed by atoms with Crippen LogP contribution in [0.1, 0.15) is 31.5 Å². The Morgan fingerprint density at radius 3 is 3.04 bits per heavy atom. The second-order valence-corrected chi connectivity index (χ2v) is 7.33. The summed E-state index contributed by atoms with van der Waals surface area (Å²) in [7, 11) is 2.02. The molecule has 3 aromatic rings. The monoisotopic (exact) mass is 356 g/mol. The van der Waals surface area contributed by atoms with Crippen molar-refractivity contribution in [2.24, 2.45) is 7.05 Å². The molecule has 0 radical (unpaired) electrons. The van der Waals surface area contributed by atoms with Crippen LogP contribution >= 0.6 is 11.3 Å². The highest BCUT2D eigenvalue weighted by Crippen LogP contribution is 2.30. The van der Waals surface area contributed by atoms with Crippen molar-refractivity contribution < 1.29 is 9.53 Å². The lowest BCUT2D eigenvalue weighted by Gasteiger charge is -2.11. The van der Waals surface area contributed by atoms with Gasteiger partial charge in [-0.05, 0) is 25.0 Å². The van der Waals surface area contributed by atoms with Gasteiger partial charge in [0.1, 0.15) is 12.4 Å². The summed E-state index contributed by atoms with van der Waals surface area (Å²) < 4.78 is 9.11. The molecule has 1 saturated carbocycles. The summed E-state index contributed by atoms with van der Waals surface area (Å²) in [4.78, 5) is 19.5. The van der Waals surface area contributed by atoms with Gasteiger partial charge in [0.25, 0.3) is 0 Å². The molecule has 1 aliphatic carbocycles. The number of nitrogens with zero attached hydrogens (tertiary/aromatic N) is 3. The summed E-state index contributed by atoms with van der Waals surface area (Å²) in [6.45, 7) is 0.553. The number of hydrogen-bond acceptors (Lipinski definition) is 5. The van der Waals surface area contributed by atoms with Gasteiger partial charge < -0.3 is 14.6 Å². The van der Waals surface area contributed by atoms with E-state index in [1.54, 1.807) is 0 Å². The van der Waals surface area contributed by atoms with Crippen LogP contribution in [0.4, 0.5) is 5.13 Å². The number of hydrogen-bond donors (Lipinski definition) is 1. The second-order valence-electron chi connectivity index (χ2n) is 6.30. The molecule has 130 valence electrons. The first-order valence-corrected chi connectivity index (χ1v) is 9.29. The van der Waals surface area contributed by atoms with Crippen LogP contribution in [0.2, 0.25) is 0 Å². The quantitative estimate of drug-likeness (QED) is 0.684. The van der Waals surface area contributed by atoms with Crippen LogP contribution in [0, 0.1) is 0 Å². The molecule has 2 aromatic heterocycles. The molecule has 0 aliphatic heterocycles. The van der Waals surface area contributed by atoms with Crippen molar-refractivity contribution in [1.82, 2.24) is 14.5 Å². The predicted molar refractivity (Wildman–Crippen MR) is 98.6 cm³/mol. The highest BCUT2D eigenvalue weighted by Gasteiger charge is 2.17. The zero-order valence-corrected chi connectivity index (χ0v) is 14.9. The Morgan fingerprint density at radius 1 is 1.40 bits per heavy atom. The Bertz CT molecular complexity index is 896. The van der Waals surface area contributed by atoms with Crippen LogP contribution in [0.15, 0.2) is 24.4 Å². The molecule has 0 atom stereocenters. The van der Waals surface area contributed by atoms with E-state index in [1.165, 1.54) is 24.2 Å². The van der Waals surface area contributed by atoms with Gasteiger partial charge >= 0.3 is 0 Å². The number of fused-ring (bicyclic) bond motifs is 1. The largest absolute Gasteiger partial charge is 0.370 e. The van der Waals surface area contributed by atoms with E-state index in [1.807, 2.05) is 25.4 Å². The van der Waals surface area contributed by atoms with E-state index < -0.39 is 0 Å². The number of thiazole rings is 1. The predicted octanol–water partition coefficient (Wildman–Crippen LogP) is 3.72. The van der Waals surface area contributed by atoms with Gasteiger partial charge in [-0.1, -0.05) is 30.2 Å². The molecular formula is C18H20N4O2S. The first kappa shape index (κ1) is 16.2. The minimum atomic E-state index is 0.387. The van der Waals surface area contributed by atoms with Crippen molar-refractivity contribution in [1.29, 1.82) is 0 Å². The van der Waals surface area contributed by atoms with Gasteiger partial charge in [-0.25, -0.2) is 9.97 Å². The van der Waals surface area contributed by atoms with E-state index in [0.29, 0.717) is 24.3 Å². The average Bonchev–Trinajstić information content (AvgIpc) is 3.32. The van der Waals surface area contributed by atoms with E-state index in [9.17, 15) is 4.79 Å². The van der Waals surface area contributed by atoms with Crippen LogP contribution in [-0.2, 0) is 23.2 Å². The number of nitrogens with one attached hydrogen (secondary N) is 1. The molecule has 0 saturated heterocycles. The second kappa shape index (κ2) is 6.93. The third-order valence-corrected chi connectivity index (χ3v) is 5.65. The molecule has 6 nitrogen and oxygen atoms in total. The number of amides is 1. The van der Waals surface area contributed by atoms with E-state index in [0.717, 1.165) is 40.1 Å². The number of imidazole rings is 1. The summed E-state index contributed by atoms with van der Waals surface area (Å²) >= 11 is 1.46. The fourth-order valence-electron chi connectivity index (χ4n) is 3.29. The molecule has 2 heterocycles. The van der Waals surface area contributed by atoms with Gasteiger partial charge in [-0.15, -0.1) is 0 Å². The van der Waals surface area contributed by atoms with Crippen molar-refractivity contribution in [3.05, 3.63) is 30.2 Å². The molecule has 0 bridgehead atoms. The first-order chi connectivity index (χ1) is 12.2. The van der Waals surface area contributed by atoms with Gasteiger partial charge in [-0.3, -0.25) is 4.79 Å². The maximum Gasteiger partial charge on any atom is 0.213 e. The lowest BCUT2D eigenvalue weighted by Crippen LogP contribution is -2.10. The first-order valence-electron chi connectivity index (χ1n) is 8.48. The number of carbonyl (C=O) groups is 1. The summed E-state index contributed by atoms with van der Waals surface area (Å²) in [5.41, 5.74) is 3.01. The highest BCUT2D eigenvalue weighted by atomic mass is 32.1. The third-order valence-electron chi connectivity index (χ3n) is 4.70. The third kappa shape index (κ3) is 3.29. The van der Waals surface area contributed by atoms with Gasteiger partial charge in [0.05, 0.1) is 28.2 Å². The summed E-state index contributed by atoms with van der Waals surface area (Å²) in [5.74, 6) is 0.939. The number of carbonyl (C=O) groups excluding carboxylic acids is 1. The average molecular weight is 356 g/mol. The molecule has 4 rings (SSSR count). The number of rotatable bonds is 6. The molecule has 1 aromatic carbocycles. The van der Waals surface area contributed by atoms with Crippen molar-refractivity contribution in [2.75, 3.05) is 5.32 Å². The summed E-state index contributed by atoms with van der Waals surface area (Å²) in [5, 5.41) is 3.22. The Morgan fingerprint density at radius 2 is 2.24 bits per heavy atom. The number of aromatic nitrogens is 3. The smallest absolute Gasteiger partial charge is 0.213 e. The topological polar surface area (TPSA) is 69.0 Å². The fraction of sp³-hybridized carbons (Fsp3) is 0.389. The molecule has 1 N–H and O–H groups in total. The zero-order valence-electron chi connectivity index (χ0n) is 14.1. The van der Waals surface area contributed by atoms with Crippen molar-refractivity contribution in [2.45, 2.75) is 38.4 Å². The molecule has 7 heteroatoms. The number of benzene rings is 1. The van der Waals surface area contributed by atoms with E-state index in [2.05, 4.69) is 25.9 Å². The van der Waals surface area contributed by atoms with Crippen molar-refractivity contribution >= 4 is 33.1 Å². The lowest BCUT2D eigenvalue weighted by molar-refractivity contribution is -0.105. The fourth-order valence-corrected chi connectivity index (χ4v) is 4.16. The Hall–Kier alpha value is -2.25. The maximum atomic E-state index is 10.6. The standard InChI is InChI=1S/C18H20N4O2S/c1-22-15(9-19-17(22)10-24-13-4-2-3-5-13)12-6-7-14-16(8-12)25-18(21-14)20-11-23/h6-9,11,13H,2-5,10H2,1H3,(H,20,21,23). The molecule has 1 aliphatic rings. The van der Waals surface area contributed by atoms with Crippen molar-refractivity contribution in [3.63, 3.8) is 0 Å². The van der Waals surface area contributed by atoms with Crippen LogP contribution in [-0.4, -0.2) is 27.0 Å². The molecule has 25 heavy (non-hydrogen) atoms. The number of ether oxygens (including phenoxy) is 1. The van der Waals surface area contributed by atoms with Crippen LogP contribution in [0.25, 0.3) is 21.5 Å². The van der Waals surface area contributed by atoms with Crippen LogP contribution < -0.4 is 5.32 Å². The molecule has 0 unspecified atom stereocenters. The molecule has 1 fully saturated rings. The molecule has 1 amide bonds. The molecule has 0 spiro atoms. The SMILES string of the molecule is Cn1c(-c2ccc3nc(NC=O)sc3c2)cnc1COC1CCCC1. The molecular weight excluding hydrogens is 336 g/mol. The van der Waals surface area contributed by atoms with Gasteiger partial charge in [0.2, 0.25) is 6.41 Å². The Balaban J connectivity index is 1.56. The lowest BCUT2D eigenvalue weighted by atomic mass is 10.1. The van der Waals surface area contributed by atoms with Crippen LogP contribution in [0.5, 0.6) is 0 Å². The van der Waals surface area contributed by atoms with Crippen LogP contribution in [0.3, 0.4) is 0 Å². The Labute approximate surface area is 149 Å². The maximum absolute atomic E-state index is 10.6. The van der Waals surface area contributed by atoms with Crippen molar-refractivity contribution in [3.8, 4) is 11.3 Å². The number of anilines is 1. The highest BCUT2D eigenvalue weighted by molar-refractivity contribution is 7.22. The zero-order chi connectivity index (χ0) is 17.2. The minimum Gasteiger partial charge on any atom is -0.370 e. The summed E-state index contributed by atoms with van der Waals surface area (Å²) in [6.07, 6.45) is 7.79. The van der Waals surface area contributed by atoms with E-state index in [-0.39, 0.29) is 0 Å². The van der Waals surface area contributed by atoms with Gasteiger partial charge in [-0.2, -0.15) is 0 Å². The van der Waals surface area contributed by atoms with Gasteiger partial charge in [0.15, 0.2) is 5.13 Å². The Kier molecular flexibility index (Phi) is 4.50. The van der Waals surface area contributed by atoms with E-state index >= 15 is 0 Å². The van der Waals surface area contributed by atoms with Gasteiger partial charge in [0, 0.05) is 12.6 Å². The summed E-state index contributed by atoms with van der Waals surface area (Å²) in [6, 6.07) is 6.09. The normalized spacial score (nSPS) is 15.1.